The summed E-state index contributed by atoms with van der Waals surface area (Å²) in [7, 11) is 0. The Kier molecular flexibility index (Phi) is 5.45. The fourth-order valence-corrected chi connectivity index (χ4v) is 3.56. The molecular formula is C18H14F2N2OS2. The molecule has 128 valence electrons. The van der Waals surface area contributed by atoms with E-state index in [1.54, 1.807) is 29.3 Å². The molecule has 0 bridgehead atoms. The predicted molar refractivity (Wildman–Crippen MR) is 98.3 cm³/mol. The van der Waals surface area contributed by atoms with E-state index in [2.05, 4.69) is 17.2 Å². The molecule has 0 fully saturated rings. The van der Waals surface area contributed by atoms with Crippen molar-refractivity contribution in [3.05, 3.63) is 65.0 Å². The average Bonchev–Trinajstić information content (AvgIpc) is 3.04. The minimum Gasteiger partial charge on any atom is -0.298 e. The van der Waals surface area contributed by atoms with Crippen molar-refractivity contribution in [1.82, 2.24) is 4.98 Å². The fourth-order valence-electron chi connectivity index (χ4n) is 2.19. The first-order chi connectivity index (χ1) is 12.1. The molecule has 0 spiro atoms. The van der Waals surface area contributed by atoms with Crippen molar-refractivity contribution < 1.29 is 13.6 Å². The number of benzene rings is 2. The molecule has 7 heteroatoms. The molecule has 1 amide bonds. The van der Waals surface area contributed by atoms with Crippen LogP contribution < -0.4 is 5.32 Å². The topological polar surface area (TPSA) is 42.0 Å². The van der Waals surface area contributed by atoms with Gasteiger partial charge in [-0.25, -0.2) is 13.8 Å². The van der Waals surface area contributed by atoms with Crippen molar-refractivity contribution in [1.29, 1.82) is 0 Å². The van der Waals surface area contributed by atoms with Gasteiger partial charge in [0.2, 0.25) is 0 Å². The molecule has 0 radical (unpaired) electrons. The Morgan fingerprint density at radius 1 is 1.20 bits per heavy atom. The van der Waals surface area contributed by atoms with E-state index in [9.17, 15) is 13.6 Å². The molecular weight excluding hydrogens is 362 g/mol. The van der Waals surface area contributed by atoms with Crippen molar-refractivity contribution in [2.75, 3.05) is 11.1 Å². The molecule has 0 saturated heterocycles. The van der Waals surface area contributed by atoms with Crippen LogP contribution >= 0.6 is 23.1 Å². The van der Waals surface area contributed by atoms with E-state index in [4.69, 9.17) is 0 Å². The lowest BCUT2D eigenvalue weighted by atomic mass is 10.1. The third-order valence-electron chi connectivity index (χ3n) is 3.36. The van der Waals surface area contributed by atoms with Gasteiger partial charge in [-0.2, -0.15) is 0 Å². The van der Waals surface area contributed by atoms with Crippen molar-refractivity contribution in [3.8, 4) is 11.3 Å². The minimum absolute atomic E-state index is 0.194. The number of hydrogen-bond acceptors (Lipinski definition) is 4. The quantitative estimate of drug-likeness (QED) is 0.602. The van der Waals surface area contributed by atoms with E-state index in [0.29, 0.717) is 16.4 Å². The number of anilines is 1. The van der Waals surface area contributed by atoms with Crippen LogP contribution in [-0.4, -0.2) is 16.6 Å². The monoisotopic (exact) mass is 376 g/mol. The van der Waals surface area contributed by atoms with Crippen LogP contribution in [0.5, 0.6) is 0 Å². The SMILES string of the molecule is CCSc1ccc(C(=O)Nc2nc(-c3ccc(F)cc3F)cs2)cc1. The van der Waals surface area contributed by atoms with E-state index in [1.165, 1.54) is 23.5 Å². The molecule has 3 aromatic rings. The molecule has 25 heavy (non-hydrogen) atoms. The molecule has 1 N–H and O–H groups in total. The van der Waals surface area contributed by atoms with Crippen molar-refractivity contribution in [2.24, 2.45) is 0 Å². The normalized spacial score (nSPS) is 10.7. The third-order valence-corrected chi connectivity index (χ3v) is 5.01. The van der Waals surface area contributed by atoms with E-state index in [-0.39, 0.29) is 11.5 Å². The largest absolute Gasteiger partial charge is 0.298 e. The maximum absolute atomic E-state index is 13.8. The molecule has 2 aromatic carbocycles. The first-order valence-electron chi connectivity index (χ1n) is 7.52. The molecule has 0 aliphatic heterocycles. The van der Waals surface area contributed by atoms with Gasteiger partial charge in [-0.3, -0.25) is 10.1 Å². The van der Waals surface area contributed by atoms with Crippen LogP contribution in [0.3, 0.4) is 0 Å². The molecule has 0 unspecified atom stereocenters. The van der Waals surface area contributed by atoms with Gasteiger partial charge in [0, 0.05) is 27.5 Å². The summed E-state index contributed by atoms with van der Waals surface area (Å²) in [6.45, 7) is 2.06. The van der Waals surface area contributed by atoms with Gasteiger partial charge in [0.15, 0.2) is 5.13 Å². The van der Waals surface area contributed by atoms with Gasteiger partial charge in [-0.15, -0.1) is 23.1 Å². The summed E-state index contributed by atoms with van der Waals surface area (Å²) in [5, 5.41) is 4.67. The number of hydrogen-bond donors (Lipinski definition) is 1. The molecule has 0 saturated carbocycles. The highest BCUT2D eigenvalue weighted by atomic mass is 32.2. The summed E-state index contributed by atoms with van der Waals surface area (Å²) in [5.41, 5.74) is 1.07. The van der Waals surface area contributed by atoms with Crippen LogP contribution in [0.1, 0.15) is 17.3 Å². The Balaban J connectivity index is 1.73. The summed E-state index contributed by atoms with van der Waals surface area (Å²) < 4.78 is 26.8. The summed E-state index contributed by atoms with van der Waals surface area (Å²) >= 11 is 2.88. The highest BCUT2D eigenvalue weighted by Gasteiger charge is 2.13. The van der Waals surface area contributed by atoms with Crippen molar-refractivity contribution >= 4 is 34.1 Å². The first-order valence-corrected chi connectivity index (χ1v) is 9.38. The lowest BCUT2D eigenvalue weighted by molar-refractivity contribution is 0.102. The van der Waals surface area contributed by atoms with Crippen molar-refractivity contribution in [2.45, 2.75) is 11.8 Å². The number of thiazole rings is 1. The average molecular weight is 376 g/mol. The minimum atomic E-state index is -0.688. The number of amides is 1. The van der Waals surface area contributed by atoms with Crippen LogP contribution in [0.4, 0.5) is 13.9 Å². The van der Waals surface area contributed by atoms with Crippen LogP contribution in [0.2, 0.25) is 0 Å². The van der Waals surface area contributed by atoms with Gasteiger partial charge in [0.1, 0.15) is 11.6 Å². The molecule has 1 aromatic heterocycles. The second-order valence-electron chi connectivity index (χ2n) is 5.07. The van der Waals surface area contributed by atoms with Gasteiger partial charge in [0.05, 0.1) is 5.69 Å². The Hall–Kier alpha value is -2.25. The van der Waals surface area contributed by atoms with Gasteiger partial charge < -0.3 is 0 Å². The Bertz CT molecular complexity index is 894. The molecule has 3 nitrogen and oxygen atoms in total. The molecule has 0 aliphatic rings. The maximum Gasteiger partial charge on any atom is 0.257 e. The second-order valence-corrected chi connectivity index (χ2v) is 7.27. The van der Waals surface area contributed by atoms with Gasteiger partial charge in [-0.05, 0) is 42.2 Å². The molecule has 0 aliphatic carbocycles. The number of carbonyl (C=O) groups excluding carboxylic acids is 1. The Labute approximate surface area is 152 Å². The van der Waals surface area contributed by atoms with E-state index in [0.717, 1.165) is 16.7 Å². The number of carbonyl (C=O) groups is 1. The smallest absolute Gasteiger partial charge is 0.257 e. The van der Waals surface area contributed by atoms with Gasteiger partial charge >= 0.3 is 0 Å². The van der Waals surface area contributed by atoms with Crippen LogP contribution in [0.15, 0.2) is 52.7 Å². The zero-order valence-electron chi connectivity index (χ0n) is 13.3. The number of halogens is 2. The summed E-state index contributed by atoms with van der Waals surface area (Å²) in [6.07, 6.45) is 0. The highest BCUT2D eigenvalue weighted by Crippen LogP contribution is 2.28. The maximum atomic E-state index is 13.8. The zero-order valence-corrected chi connectivity index (χ0v) is 14.9. The molecule has 1 heterocycles. The standard InChI is InChI=1S/C18H14F2N2OS2/c1-2-24-13-6-3-11(4-7-13)17(23)22-18-21-16(10-25-18)14-8-5-12(19)9-15(14)20/h3-10H,2H2,1H3,(H,21,22,23). The number of rotatable bonds is 5. The Morgan fingerprint density at radius 2 is 1.96 bits per heavy atom. The van der Waals surface area contributed by atoms with Gasteiger partial charge in [0.25, 0.3) is 5.91 Å². The fraction of sp³-hybridized carbons (Fsp3) is 0.111. The van der Waals surface area contributed by atoms with E-state index >= 15 is 0 Å². The predicted octanol–water partition coefficient (Wildman–Crippen LogP) is 5.45. The van der Waals surface area contributed by atoms with Crippen LogP contribution in [-0.2, 0) is 0 Å². The first kappa shape index (κ1) is 17.6. The summed E-state index contributed by atoms with van der Waals surface area (Å²) in [5.74, 6) is -0.650. The van der Waals surface area contributed by atoms with Gasteiger partial charge in [-0.1, -0.05) is 6.92 Å². The Morgan fingerprint density at radius 3 is 2.64 bits per heavy atom. The third kappa shape index (κ3) is 4.24. The van der Waals surface area contributed by atoms with Crippen LogP contribution in [0, 0.1) is 11.6 Å². The number of thioether (sulfide) groups is 1. The number of nitrogens with one attached hydrogen (secondary N) is 1. The zero-order chi connectivity index (χ0) is 17.8. The second kappa shape index (κ2) is 7.76. The summed E-state index contributed by atoms with van der Waals surface area (Å²) in [6, 6.07) is 10.6. The molecule has 3 rings (SSSR count). The van der Waals surface area contributed by atoms with E-state index in [1.807, 2.05) is 12.1 Å². The lowest BCUT2D eigenvalue weighted by Crippen LogP contribution is -2.11. The number of aromatic nitrogens is 1. The molecule has 0 atom stereocenters. The summed E-state index contributed by atoms with van der Waals surface area (Å²) in [4.78, 5) is 17.6. The van der Waals surface area contributed by atoms with Crippen molar-refractivity contribution in [3.63, 3.8) is 0 Å². The van der Waals surface area contributed by atoms with Crippen LogP contribution in [0.25, 0.3) is 11.3 Å². The van der Waals surface area contributed by atoms with E-state index < -0.39 is 11.6 Å². The lowest BCUT2D eigenvalue weighted by Gasteiger charge is -2.03. The highest BCUT2D eigenvalue weighted by molar-refractivity contribution is 7.99. The number of nitrogens with zero attached hydrogens (tertiary/aromatic N) is 1.